The summed E-state index contributed by atoms with van der Waals surface area (Å²) in [4.78, 5) is 11.6. The van der Waals surface area contributed by atoms with Crippen LogP contribution in [0.1, 0.15) is 43.2 Å². The fourth-order valence-corrected chi connectivity index (χ4v) is 4.41. The number of fused-ring (bicyclic) bond motifs is 1. The van der Waals surface area contributed by atoms with Gasteiger partial charge in [-0.1, -0.05) is 32.0 Å². The van der Waals surface area contributed by atoms with Gasteiger partial charge < -0.3 is 9.67 Å². The van der Waals surface area contributed by atoms with Gasteiger partial charge >= 0.3 is 5.97 Å². The van der Waals surface area contributed by atoms with Gasteiger partial charge in [-0.25, -0.2) is 4.79 Å². The largest absolute Gasteiger partial charge is 0.477 e. The molecule has 2 heterocycles. The molecule has 1 fully saturated rings. The number of carboxylic acids is 1. The van der Waals surface area contributed by atoms with Crippen LogP contribution in [0, 0.1) is 0 Å². The van der Waals surface area contributed by atoms with Crippen LogP contribution in [0.25, 0.3) is 10.9 Å². The van der Waals surface area contributed by atoms with Crippen LogP contribution in [0.3, 0.4) is 0 Å². The Labute approximate surface area is 123 Å². The lowest BCUT2D eigenvalue weighted by atomic mass is 9.99. The van der Waals surface area contributed by atoms with Gasteiger partial charge in [-0.3, -0.25) is 0 Å². The van der Waals surface area contributed by atoms with E-state index >= 15 is 0 Å². The Bertz CT molecular complexity index is 660. The summed E-state index contributed by atoms with van der Waals surface area (Å²) in [5.41, 5.74) is 1.46. The normalized spacial score (nSPS) is 22.0. The Morgan fingerprint density at radius 1 is 1.40 bits per heavy atom. The van der Waals surface area contributed by atoms with Gasteiger partial charge in [0.1, 0.15) is 5.69 Å². The zero-order chi connectivity index (χ0) is 14.3. The summed E-state index contributed by atoms with van der Waals surface area (Å²) >= 11 is 1.98. The van der Waals surface area contributed by atoms with E-state index in [1.807, 2.05) is 40.6 Å². The van der Waals surface area contributed by atoms with Gasteiger partial charge in [0.25, 0.3) is 0 Å². The first-order chi connectivity index (χ1) is 9.48. The molecule has 0 bridgehead atoms. The Balaban J connectivity index is 2.13. The van der Waals surface area contributed by atoms with Gasteiger partial charge in [0, 0.05) is 21.7 Å². The highest BCUT2D eigenvalue weighted by molar-refractivity contribution is 8.00. The van der Waals surface area contributed by atoms with E-state index in [0.29, 0.717) is 5.69 Å². The van der Waals surface area contributed by atoms with E-state index in [0.717, 1.165) is 29.5 Å². The fourth-order valence-electron chi connectivity index (χ4n) is 3.15. The van der Waals surface area contributed by atoms with E-state index in [1.165, 1.54) is 0 Å². The monoisotopic (exact) mass is 289 g/mol. The van der Waals surface area contributed by atoms with Gasteiger partial charge in [-0.15, -0.1) is 0 Å². The Morgan fingerprint density at radius 3 is 2.85 bits per heavy atom. The number of thioether (sulfide) groups is 1. The van der Waals surface area contributed by atoms with Crippen LogP contribution < -0.4 is 0 Å². The molecule has 3 nitrogen and oxygen atoms in total. The molecule has 0 spiro atoms. The van der Waals surface area contributed by atoms with Crippen molar-refractivity contribution < 1.29 is 9.90 Å². The van der Waals surface area contributed by atoms with Gasteiger partial charge in [0.15, 0.2) is 0 Å². The number of carboxylic acid groups (broad SMARTS) is 1. The van der Waals surface area contributed by atoms with Crippen LogP contribution in [0.15, 0.2) is 30.3 Å². The summed E-state index contributed by atoms with van der Waals surface area (Å²) in [6.07, 6.45) is 2.05. The first-order valence-electron chi connectivity index (χ1n) is 6.95. The Hall–Kier alpha value is -1.42. The van der Waals surface area contributed by atoms with Crippen molar-refractivity contribution in [3.8, 4) is 0 Å². The number of para-hydroxylation sites is 1. The smallest absolute Gasteiger partial charge is 0.352 e. The average molecular weight is 289 g/mol. The van der Waals surface area contributed by atoms with Crippen molar-refractivity contribution in [1.29, 1.82) is 0 Å². The number of rotatable bonds is 2. The zero-order valence-corrected chi connectivity index (χ0v) is 12.6. The molecule has 0 amide bonds. The minimum atomic E-state index is -0.836. The van der Waals surface area contributed by atoms with E-state index in [9.17, 15) is 9.90 Å². The van der Waals surface area contributed by atoms with Crippen LogP contribution in [0.5, 0.6) is 0 Å². The molecule has 1 aliphatic rings. The van der Waals surface area contributed by atoms with E-state index in [-0.39, 0.29) is 10.8 Å². The van der Waals surface area contributed by atoms with Crippen LogP contribution in [0.2, 0.25) is 0 Å². The summed E-state index contributed by atoms with van der Waals surface area (Å²) in [6, 6.07) is 10.0. The third-order valence-electron chi connectivity index (χ3n) is 4.00. The van der Waals surface area contributed by atoms with Crippen molar-refractivity contribution in [3.63, 3.8) is 0 Å². The van der Waals surface area contributed by atoms with Crippen molar-refractivity contribution in [2.75, 3.05) is 5.75 Å². The minimum absolute atomic E-state index is 0.212. The quantitative estimate of drug-likeness (QED) is 0.901. The summed E-state index contributed by atoms with van der Waals surface area (Å²) in [6.45, 7) is 4.49. The van der Waals surface area contributed by atoms with Gasteiger partial charge in [0.2, 0.25) is 0 Å². The molecule has 2 aromatic rings. The standard InChI is InChI=1S/C16H19NO2S/c1-16(2)10-12(7-8-20-16)17-13-6-4-3-5-11(13)9-14(17)15(18)19/h3-6,9,12H,7-8,10H2,1-2H3,(H,18,19). The molecule has 3 rings (SSSR count). The third-order valence-corrected chi connectivity index (χ3v) is 5.39. The molecule has 1 unspecified atom stereocenters. The van der Waals surface area contributed by atoms with Crippen molar-refractivity contribution in [2.45, 2.75) is 37.5 Å². The molecule has 1 N–H and O–H groups in total. The van der Waals surface area contributed by atoms with Gasteiger partial charge in [-0.05, 0) is 30.7 Å². The van der Waals surface area contributed by atoms with Crippen molar-refractivity contribution in [1.82, 2.24) is 4.57 Å². The summed E-state index contributed by atoms with van der Waals surface area (Å²) < 4.78 is 2.25. The molecule has 4 heteroatoms. The molecule has 20 heavy (non-hydrogen) atoms. The highest BCUT2D eigenvalue weighted by Crippen LogP contribution is 2.42. The average Bonchev–Trinajstić information content (AvgIpc) is 2.77. The van der Waals surface area contributed by atoms with E-state index in [2.05, 4.69) is 13.8 Å². The second-order valence-corrected chi connectivity index (χ2v) is 7.82. The Morgan fingerprint density at radius 2 is 2.15 bits per heavy atom. The van der Waals surface area contributed by atoms with Crippen LogP contribution in [0.4, 0.5) is 0 Å². The number of hydrogen-bond acceptors (Lipinski definition) is 2. The molecular weight excluding hydrogens is 270 g/mol. The van der Waals surface area contributed by atoms with E-state index in [1.54, 1.807) is 6.07 Å². The lowest BCUT2D eigenvalue weighted by Crippen LogP contribution is -2.29. The van der Waals surface area contributed by atoms with Crippen LogP contribution >= 0.6 is 11.8 Å². The van der Waals surface area contributed by atoms with Crippen LogP contribution in [-0.4, -0.2) is 26.1 Å². The number of hydrogen-bond donors (Lipinski definition) is 1. The molecular formula is C16H19NO2S. The molecule has 1 saturated heterocycles. The van der Waals surface area contributed by atoms with E-state index in [4.69, 9.17) is 0 Å². The van der Waals surface area contributed by atoms with Crippen LogP contribution in [-0.2, 0) is 0 Å². The maximum absolute atomic E-state index is 11.6. The van der Waals surface area contributed by atoms with Crippen molar-refractivity contribution in [3.05, 3.63) is 36.0 Å². The molecule has 1 aromatic carbocycles. The first-order valence-corrected chi connectivity index (χ1v) is 7.94. The molecule has 1 aliphatic heterocycles. The minimum Gasteiger partial charge on any atom is -0.477 e. The third kappa shape index (κ3) is 2.33. The molecule has 0 saturated carbocycles. The summed E-state index contributed by atoms with van der Waals surface area (Å²) in [5.74, 6) is 0.251. The molecule has 0 radical (unpaired) electrons. The van der Waals surface area contributed by atoms with Gasteiger partial charge in [0.05, 0.1) is 0 Å². The van der Waals surface area contributed by atoms with Gasteiger partial charge in [-0.2, -0.15) is 11.8 Å². The Kier molecular flexibility index (Phi) is 3.28. The maximum Gasteiger partial charge on any atom is 0.352 e. The van der Waals surface area contributed by atoms with Crippen molar-refractivity contribution >= 4 is 28.6 Å². The lowest BCUT2D eigenvalue weighted by molar-refractivity contribution is 0.0682. The molecule has 0 aliphatic carbocycles. The highest BCUT2D eigenvalue weighted by Gasteiger charge is 2.32. The van der Waals surface area contributed by atoms with Crippen molar-refractivity contribution in [2.24, 2.45) is 0 Å². The molecule has 106 valence electrons. The number of aromatic nitrogens is 1. The second-order valence-electron chi connectivity index (χ2n) is 6.02. The zero-order valence-electron chi connectivity index (χ0n) is 11.8. The first kappa shape index (κ1) is 13.6. The topological polar surface area (TPSA) is 42.2 Å². The maximum atomic E-state index is 11.6. The number of nitrogens with zero attached hydrogens (tertiary/aromatic N) is 1. The molecule has 1 atom stereocenters. The lowest BCUT2D eigenvalue weighted by Gasteiger charge is -2.36. The predicted molar refractivity (Wildman–Crippen MR) is 83.7 cm³/mol. The molecule has 1 aromatic heterocycles. The van der Waals surface area contributed by atoms with E-state index < -0.39 is 5.97 Å². The summed E-state index contributed by atoms with van der Waals surface area (Å²) in [7, 11) is 0. The number of aromatic carboxylic acids is 1. The summed E-state index contributed by atoms with van der Waals surface area (Å²) in [5, 5.41) is 10.5. The number of benzene rings is 1. The SMILES string of the molecule is CC1(C)CC(n2c(C(=O)O)cc3ccccc32)CCS1. The number of carbonyl (C=O) groups is 1. The predicted octanol–water partition coefficient (Wildman–Crippen LogP) is 4.19. The fraction of sp³-hybridized carbons (Fsp3) is 0.438. The second kappa shape index (κ2) is 4.85. The highest BCUT2D eigenvalue weighted by atomic mass is 32.2.